The van der Waals surface area contributed by atoms with E-state index in [1.54, 1.807) is 0 Å². The van der Waals surface area contributed by atoms with E-state index in [1.165, 1.54) is 24.8 Å². The third-order valence-corrected chi connectivity index (χ3v) is 6.53. The van der Waals surface area contributed by atoms with E-state index in [0.29, 0.717) is 12.0 Å². The maximum Gasteiger partial charge on any atom is 0.270 e. The number of carbonyl (C=O) groups is 2. The molecule has 2 amide bonds. The second-order valence-corrected chi connectivity index (χ2v) is 9.04. The summed E-state index contributed by atoms with van der Waals surface area (Å²) in [6.45, 7) is 0. The van der Waals surface area contributed by atoms with Crippen molar-refractivity contribution in [2.45, 2.75) is 50.6 Å². The summed E-state index contributed by atoms with van der Waals surface area (Å²) in [5.41, 5.74) is 0.519. The van der Waals surface area contributed by atoms with Crippen molar-refractivity contribution in [3.8, 4) is 0 Å². The van der Waals surface area contributed by atoms with Crippen molar-refractivity contribution >= 4 is 21.7 Å². The summed E-state index contributed by atoms with van der Waals surface area (Å²) in [6.07, 6.45) is 7.24. The Morgan fingerprint density at radius 2 is 1.72 bits per heavy atom. The predicted octanol–water partition coefficient (Wildman–Crippen LogP) is 1.06. The Labute approximate surface area is 147 Å². The Morgan fingerprint density at radius 1 is 1.00 bits per heavy atom. The normalized spacial score (nSPS) is 23.1. The number of pyridine rings is 1. The van der Waals surface area contributed by atoms with Gasteiger partial charge in [-0.2, -0.15) is 0 Å². The quantitative estimate of drug-likeness (QED) is 0.830. The molecule has 1 saturated heterocycles. The Morgan fingerprint density at radius 3 is 2.40 bits per heavy atom. The van der Waals surface area contributed by atoms with Gasteiger partial charge in [0, 0.05) is 23.8 Å². The second kappa shape index (κ2) is 7.51. The topological polar surface area (TPSA) is 105 Å². The molecule has 0 spiro atoms. The van der Waals surface area contributed by atoms with Crippen LogP contribution in [0.5, 0.6) is 0 Å². The fraction of sp³-hybridized carbons (Fsp3) is 0.588. The molecule has 0 radical (unpaired) electrons. The molecule has 8 heteroatoms. The lowest BCUT2D eigenvalue weighted by atomic mass is 9.95. The summed E-state index contributed by atoms with van der Waals surface area (Å²) in [5.74, 6) is -0.580. The average Bonchev–Trinajstić information content (AvgIpc) is 2.94. The molecule has 1 aliphatic carbocycles. The number of hydrogen-bond donors (Lipinski definition) is 2. The average molecular weight is 365 g/mol. The minimum absolute atomic E-state index is 0.0289. The number of nitrogens with one attached hydrogen (secondary N) is 2. The van der Waals surface area contributed by atoms with Crippen LogP contribution in [0.15, 0.2) is 18.3 Å². The van der Waals surface area contributed by atoms with Crippen molar-refractivity contribution in [3.63, 3.8) is 0 Å². The van der Waals surface area contributed by atoms with Crippen molar-refractivity contribution in [3.05, 3.63) is 29.6 Å². The highest BCUT2D eigenvalue weighted by Gasteiger charge is 2.29. The zero-order chi connectivity index (χ0) is 17.9. The van der Waals surface area contributed by atoms with E-state index in [2.05, 4.69) is 15.6 Å². The molecular weight excluding hydrogens is 342 g/mol. The molecule has 1 aliphatic heterocycles. The van der Waals surface area contributed by atoms with Gasteiger partial charge in [-0.05, 0) is 31.4 Å². The van der Waals surface area contributed by atoms with E-state index in [0.717, 1.165) is 25.7 Å². The minimum Gasteiger partial charge on any atom is -0.348 e. The van der Waals surface area contributed by atoms with E-state index < -0.39 is 9.84 Å². The number of hydrogen-bond acceptors (Lipinski definition) is 5. The lowest BCUT2D eigenvalue weighted by molar-refractivity contribution is 0.0922. The third-order valence-electron chi connectivity index (χ3n) is 4.76. The van der Waals surface area contributed by atoms with E-state index in [-0.39, 0.29) is 41.1 Å². The molecule has 0 bridgehead atoms. The number of nitrogens with zero attached hydrogens (tertiary/aromatic N) is 1. The largest absolute Gasteiger partial charge is 0.348 e. The Balaban J connectivity index is 1.62. The van der Waals surface area contributed by atoms with Crippen LogP contribution in [0.25, 0.3) is 0 Å². The molecule has 3 rings (SSSR count). The molecule has 2 N–H and O–H groups in total. The van der Waals surface area contributed by atoms with E-state index in [4.69, 9.17) is 0 Å². The van der Waals surface area contributed by atoms with Gasteiger partial charge < -0.3 is 10.6 Å². The van der Waals surface area contributed by atoms with Gasteiger partial charge in [-0.3, -0.25) is 14.6 Å². The molecule has 136 valence electrons. The highest BCUT2D eigenvalue weighted by Crippen LogP contribution is 2.18. The van der Waals surface area contributed by atoms with Crippen LogP contribution >= 0.6 is 0 Å². The number of carbonyl (C=O) groups excluding carboxylic acids is 2. The van der Waals surface area contributed by atoms with Crippen molar-refractivity contribution in [1.29, 1.82) is 0 Å². The molecule has 7 nitrogen and oxygen atoms in total. The molecular formula is C17H23N3O4S. The second-order valence-electron chi connectivity index (χ2n) is 6.81. The van der Waals surface area contributed by atoms with Crippen molar-refractivity contribution in [2.75, 3.05) is 11.5 Å². The van der Waals surface area contributed by atoms with Gasteiger partial charge in [-0.1, -0.05) is 19.3 Å². The van der Waals surface area contributed by atoms with E-state index in [9.17, 15) is 18.0 Å². The Hall–Kier alpha value is -1.96. The van der Waals surface area contributed by atoms with Crippen molar-refractivity contribution in [1.82, 2.24) is 15.6 Å². The lowest BCUT2D eigenvalue weighted by Gasteiger charge is -2.22. The molecule has 1 unspecified atom stereocenters. The Bertz CT molecular complexity index is 757. The maximum absolute atomic E-state index is 12.3. The van der Waals surface area contributed by atoms with Gasteiger partial charge in [0.25, 0.3) is 11.8 Å². The monoisotopic (exact) mass is 365 g/mol. The summed E-state index contributed by atoms with van der Waals surface area (Å²) in [5, 5.41) is 5.69. The standard InChI is InChI=1S/C17H23N3O4S/c21-16(20-14-7-9-25(23,24)11-14)12-6-8-18-15(10-12)17(22)19-13-4-2-1-3-5-13/h6,8,10,13-14H,1-5,7,9,11H2,(H,19,22)(H,20,21). The first-order chi connectivity index (χ1) is 11.9. The van der Waals surface area contributed by atoms with E-state index >= 15 is 0 Å². The van der Waals surface area contributed by atoms with Gasteiger partial charge in [0.1, 0.15) is 5.69 Å². The molecule has 1 saturated carbocycles. The molecule has 1 aromatic heterocycles. The summed E-state index contributed by atoms with van der Waals surface area (Å²) >= 11 is 0. The number of aromatic nitrogens is 1. The van der Waals surface area contributed by atoms with Gasteiger partial charge in [0.2, 0.25) is 0 Å². The fourth-order valence-corrected chi connectivity index (χ4v) is 5.05. The zero-order valence-electron chi connectivity index (χ0n) is 14.0. The molecule has 2 heterocycles. The number of sulfone groups is 1. The van der Waals surface area contributed by atoms with Gasteiger partial charge >= 0.3 is 0 Å². The van der Waals surface area contributed by atoms with Crippen LogP contribution in [0.4, 0.5) is 0 Å². The molecule has 2 aliphatic rings. The fourth-order valence-electron chi connectivity index (χ4n) is 3.38. The van der Waals surface area contributed by atoms with Crippen LogP contribution in [0, 0.1) is 0 Å². The SMILES string of the molecule is O=C(NC1CCS(=O)(=O)C1)c1ccnc(C(=O)NC2CCCCC2)c1. The van der Waals surface area contributed by atoms with Gasteiger partial charge in [-0.25, -0.2) is 8.42 Å². The summed E-state index contributed by atoms with van der Waals surface area (Å²) in [4.78, 5) is 28.7. The Kier molecular flexibility index (Phi) is 5.36. The number of amides is 2. The third kappa shape index (κ3) is 4.78. The molecule has 2 fully saturated rings. The first kappa shape index (κ1) is 17.8. The lowest BCUT2D eigenvalue weighted by Crippen LogP contribution is -2.37. The van der Waals surface area contributed by atoms with Crippen LogP contribution in [-0.2, 0) is 9.84 Å². The van der Waals surface area contributed by atoms with Crippen molar-refractivity contribution in [2.24, 2.45) is 0 Å². The number of rotatable bonds is 4. The predicted molar refractivity (Wildman–Crippen MR) is 93.1 cm³/mol. The summed E-state index contributed by atoms with van der Waals surface area (Å²) in [6, 6.07) is 2.78. The molecule has 1 aromatic rings. The van der Waals surface area contributed by atoms with Crippen LogP contribution in [0.1, 0.15) is 59.4 Å². The van der Waals surface area contributed by atoms with Gasteiger partial charge in [-0.15, -0.1) is 0 Å². The zero-order valence-corrected chi connectivity index (χ0v) is 14.8. The molecule has 1 atom stereocenters. The highest BCUT2D eigenvalue weighted by molar-refractivity contribution is 7.91. The highest BCUT2D eigenvalue weighted by atomic mass is 32.2. The van der Waals surface area contributed by atoms with Crippen LogP contribution < -0.4 is 10.6 Å². The van der Waals surface area contributed by atoms with Crippen LogP contribution in [0.2, 0.25) is 0 Å². The van der Waals surface area contributed by atoms with Gasteiger partial charge in [0.05, 0.1) is 11.5 Å². The molecule has 0 aromatic carbocycles. The smallest absolute Gasteiger partial charge is 0.270 e. The first-order valence-corrected chi connectivity index (χ1v) is 10.5. The van der Waals surface area contributed by atoms with Crippen LogP contribution in [0.3, 0.4) is 0 Å². The van der Waals surface area contributed by atoms with E-state index in [1.807, 2.05) is 0 Å². The maximum atomic E-state index is 12.3. The molecule has 25 heavy (non-hydrogen) atoms. The van der Waals surface area contributed by atoms with Crippen LogP contribution in [-0.4, -0.2) is 48.8 Å². The van der Waals surface area contributed by atoms with Gasteiger partial charge in [0.15, 0.2) is 9.84 Å². The first-order valence-electron chi connectivity index (χ1n) is 8.71. The summed E-state index contributed by atoms with van der Waals surface area (Å²) < 4.78 is 23.0. The minimum atomic E-state index is -3.05. The van der Waals surface area contributed by atoms with Crippen molar-refractivity contribution < 1.29 is 18.0 Å². The summed E-state index contributed by atoms with van der Waals surface area (Å²) in [7, 11) is -3.05.